The van der Waals surface area contributed by atoms with Crippen molar-refractivity contribution in [1.29, 1.82) is 0 Å². The molecule has 3 N–H and O–H groups in total. The van der Waals surface area contributed by atoms with Gasteiger partial charge in [-0.3, -0.25) is 10.1 Å². The highest BCUT2D eigenvalue weighted by atomic mass is 16.6. The Labute approximate surface area is 102 Å². The molecule has 9 heteroatoms. The van der Waals surface area contributed by atoms with Crippen molar-refractivity contribution >= 4 is 18.1 Å². The van der Waals surface area contributed by atoms with Crippen LogP contribution in [-0.4, -0.2) is 39.9 Å². The van der Waals surface area contributed by atoms with E-state index in [2.05, 4.69) is 5.10 Å². The van der Waals surface area contributed by atoms with Crippen molar-refractivity contribution in [2.75, 3.05) is 6.54 Å². The standard InChI is InChI=1S/C9H12N4O5/c1-6(14)5-12(9(10)15)11-4-7-2-3-8(18-7)13(16)17/h2-4,6,14H,5H2,1H3,(H2,10,15)/b11-4-/t6-/m1/s1. The number of carbonyl (C=O) groups excluding carboxylic acids is 1. The van der Waals surface area contributed by atoms with Gasteiger partial charge >= 0.3 is 11.9 Å². The molecule has 18 heavy (non-hydrogen) atoms. The molecule has 1 aromatic heterocycles. The number of hydrogen-bond acceptors (Lipinski definition) is 6. The Morgan fingerprint density at radius 3 is 2.89 bits per heavy atom. The first-order chi connectivity index (χ1) is 8.40. The van der Waals surface area contributed by atoms with Crippen LogP contribution < -0.4 is 5.73 Å². The van der Waals surface area contributed by atoms with Gasteiger partial charge < -0.3 is 15.3 Å². The molecule has 0 saturated carbocycles. The lowest BCUT2D eigenvalue weighted by atomic mass is 10.4. The smallest absolute Gasteiger partial charge is 0.400 e. The molecule has 0 aliphatic heterocycles. The van der Waals surface area contributed by atoms with Crippen molar-refractivity contribution in [2.24, 2.45) is 10.8 Å². The Hall–Kier alpha value is -2.42. The minimum atomic E-state index is -0.854. The number of rotatable bonds is 5. The number of nitrogens with two attached hydrogens (primary N) is 1. The first kappa shape index (κ1) is 13.6. The summed E-state index contributed by atoms with van der Waals surface area (Å²) in [6.45, 7) is 1.37. The molecule has 98 valence electrons. The van der Waals surface area contributed by atoms with E-state index in [0.29, 0.717) is 0 Å². The Balaban J connectivity index is 2.75. The summed E-state index contributed by atoms with van der Waals surface area (Å²) in [7, 11) is 0. The van der Waals surface area contributed by atoms with Crippen LogP contribution >= 0.6 is 0 Å². The molecule has 0 spiro atoms. The van der Waals surface area contributed by atoms with Gasteiger partial charge in [-0.25, -0.2) is 9.80 Å². The maximum Gasteiger partial charge on any atom is 0.433 e. The summed E-state index contributed by atoms with van der Waals surface area (Å²) < 4.78 is 4.79. The fraction of sp³-hybridized carbons (Fsp3) is 0.333. The highest BCUT2D eigenvalue weighted by Crippen LogP contribution is 2.13. The van der Waals surface area contributed by atoms with E-state index in [1.807, 2.05) is 0 Å². The number of furan rings is 1. The van der Waals surface area contributed by atoms with Gasteiger partial charge in [0.25, 0.3) is 0 Å². The lowest BCUT2D eigenvalue weighted by Crippen LogP contribution is -2.36. The zero-order valence-electron chi connectivity index (χ0n) is 9.52. The summed E-state index contributed by atoms with van der Waals surface area (Å²) in [6, 6.07) is 1.63. The van der Waals surface area contributed by atoms with E-state index in [-0.39, 0.29) is 12.3 Å². The van der Waals surface area contributed by atoms with Crippen LogP contribution in [0, 0.1) is 10.1 Å². The number of primary amides is 1. The Morgan fingerprint density at radius 1 is 1.78 bits per heavy atom. The number of nitro groups is 1. The van der Waals surface area contributed by atoms with E-state index in [1.54, 1.807) is 0 Å². The number of nitrogens with zero attached hydrogens (tertiary/aromatic N) is 3. The second-order valence-electron chi connectivity index (χ2n) is 3.45. The highest BCUT2D eigenvalue weighted by Gasteiger charge is 2.13. The van der Waals surface area contributed by atoms with Gasteiger partial charge in [-0.2, -0.15) is 5.10 Å². The zero-order valence-corrected chi connectivity index (χ0v) is 9.52. The Kier molecular flexibility index (Phi) is 4.38. The lowest BCUT2D eigenvalue weighted by Gasteiger charge is -2.15. The number of aliphatic hydroxyl groups is 1. The normalized spacial score (nSPS) is 12.6. The van der Waals surface area contributed by atoms with Gasteiger partial charge in [0.2, 0.25) is 0 Å². The predicted molar refractivity (Wildman–Crippen MR) is 60.9 cm³/mol. The van der Waals surface area contributed by atoms with Crippen molar-refractivity contribution < 1.29 is 19.2 Å². The van der Waals surface area contributed by atoms with Crippen molar-refractivity contribution in [3.05, 3.63) is 28.0 Å². The second kappa shape index (κ2) is 5.77. The van der Waals surface area contributed by atoms with Gasteiger partial charge in [-0.05, 0) is 13.0 Å². The fourth-order valence-electron chi connectivity index (χ4n) is 1.08. The second-order valence-corrected chi connectivity index (χ2v) is 3.45. The monoisotopic (exact) mass is 256 g/mol. The van der Waals surface area contributed by atoms with Crippen LogP contribution in [0.4, 0.5) is 10.7 Å². The number of urea groups is 1. The summed E-state index contributed by atoms with van der Waals surface area (Å²) in [5.74, 6) is -0.337. The van der Waals surface area contributed by atoms with Crippen LogP contribution in [0.3, 0.4) is 0 Å². The molecule has 0 unspecified atom stereocenters. The number of hydrogen-bond donors (Lipinski definition) is 2. The van der Waals surface area contributed by atoms with Crippen LogP contribution in [-0.2, 0) is 0 Å². The van der Waals surface area contributed by atoms with Crippen molar-refractivity contribution in [3.63, 3.8) is 0 Å². The van der Waals surface area contributed by atoms with E-state index in [4.69, 9.17) is 15.3 Å². The molecule has 1 atom stereocenters. The van der Waals surface area contributed by atoms with Gasteiger partial charge in [-0.15, -0.1) is 0 Å². The Bertz CT molecular complexity index is 467. The molecule has 0 aliphatic carbocycles. The number of carbonyl (C=O) groups is 1. The molecule has 0 fully saturated rings. The summed E-state index contributed by atoms with van der Waals surface area (Å²) in [5, 5.41) is 23.9. The lowest BCUT2D eigenvalue weighted by molar-refractivity contribution is -0.402. The molecular weight excluding hydrogens is 244 g/mol. The molecule has 1 rings (SSSR count). The molecule has 9 nitrogen and oxygen atoms in total. The fourth-order valence-corrected chi connectivity index (χ4v) is 1.08. The SMILES string of the molecule is C[C@@H](O)CN(/N=C\c1ccc([N+](=O)[O-])o1)C(N)=O. The minimum Gasteiger partial charge on any atom is -0.400 e. The minimum absolute atomic E-state index is 0.0887. The maximum absolute atomic E-state index is 11.0. The number of hydrazone groups is 1. The summed E-state index contributed by atoms with van der Waals surface area (Å²) in [5.41, 5.74) is 5.03. The average molecular weight is 256 g/mol. The van der Waals surface area contributed by atoms with E-state index in [1.165, 1.54) is 13.0 Å². The molecule has 0 bridgehead atoms. The number of amides is 2. The third kappa shape index (κ3) is 3.87. The Morgan fingerprint density at radius 2 is 2.44 bits per heavy atom. The van der Waals surface area contributed by atoms with E-state index >= 15 is 0 Å². The molecule has 0 saturated heterocycles. The first-order valence-corrected chi connectivity index (χ1v) is 4.93. The molecule has 1 heterocycles. The molecular formula is C9H12N4O5. The number of aliphatic hydroxyl groups excluding tert-OH is 1. The average Bonchev–Trinajstić information content (AvgIpc) is 2.72. The zero-order chi connectivity index (χ0) is 13.7. The van der Waals surface area contributed by atoms with Crippen molar-refractivity contribution in [2.45, 2.75) is 13.0 Å². The molecule has 0 aromatic carbocycles. The van der Waals surface area contributed by atoms with Crippen molar-refractivity contribution in [1.82, 2.24) is 5.01 Å². The predicted octanol–water partition coefficient (Wildman–Crippen LogP) is 0.283. The largest absolute Gasteiger partial charge is 0.433 e. The van der Waals surface area contributed by atoms with Crippen LogP contribution in [0.1, 0.15) is 12.7 Å². The first-order valence-electron chi connectivity index (χ1n) is 4.93. The highest BCUT2D eigenvalue weighted by molar-refractivity contribution is 5.79. The van der Waals surface area contributed by atoms with Crippen molar-refractivity contribution in [3.8, 4) is 0 Å². The summed E-state index contributed by atoms with van der Waals surface area (Å²) in [4.78, 5) is 20.6. The molecule has 2 amide bonds. The van der Waals surface area contributed by atoms with Gasteiger partial charge in [0.1, 0.15) is 4.92 Å². The summed E-state index contributed by atoms with van der Waals surface area (Å²) in [6.07, 6.45) is 0.292. The third-order valence-corrected chi connectivity index (χ3v) is 1.81. The van der Waals surface area contributed by atoms with E-state index in [9.17, 15) is 14.9 Å². The maximum atomic E-state index is 11.0. The van der Waals surface area contributed by atoms with Gasteiger partial charge in [0.15, 0.2) is 5.76 Å². The van der Waals surface area contributed by atoms with Crippen LogP contribution in [0.25, 0.3) is 0 Å². The van der Waals surface area contributed by atoms with E-state index < -0.39 is 22.9 Å². The van der Waals surface area contributed by atoms with Crippen LogP contribution in [0.2, 0.25) is 0 Å². The van der Waals surface area contributed by atoms with Gasteiger partial charge in [-0.1, -0.05) is 0 Å². The summed E-state index contributed by atoms with van der Waals surface area (Å²) >= 11 is 0. The molecule has 0 aliphatic rings. The van der Waals surface area contributed by atoms with Crippen LogP contribution in [0.15, 0.2) is 21.7 Å². The van der Waals surface area contributed by atoms with E-state index in [0.717, 1.165) is 17.3 Å². The molecule has 0 radical (unpaired) electrons. The van der Waals surface area contributed by atoms with Crippen LogP contribution in [0.5, 0.6) is 0 Å². The topological polar surface area (TPSA) is 135 Å². The quantitative estimate of drug-likeness (QED) is 0.443. The molecule has 1 aromatic rings. The van der Waals surface area contributed by atoms with Gasteiger partial charge in [0.05, 0.1) is 24.9 Å². The third-order valence-electron chi connectivity index (χ3n) is 1.81. The van der Waals surface area contributed by atoms with Gasteiger partial charge in [0, 0.05) is 0 Å².